The highest BCUT2D eigenvalue weighted by Gasteiger charge is 2.35. The first-order chi connectivity index (χ1) is 11.1. The van der Waals surface area contributed by atoms with E-state index in [4.69, 9.17) is 0 Å². The van der Waals surface area contributed by atoms with Gasteiger partial charge in [-0.2, -0.15) is 0 Å². The number of nitrogens with one attached hydrogen (secondary N) is 1. The first-order valence-electron chi connectivity index (χ1n) is 7.36. The fourth-order valence-electron chi connectivity index (χ4n) is 2.62. The molecule has 5 nitrogen and oxygen atoms in total. The Morgan fingerprint density at radius 3 is 2.87 bits per heavy atom. The summed E-state index contributed by atoms with van der Waals surface area (Å²) < 4.78 is 13.8. The molecule has 1 N–H and O–H groups in total. The van der Waals surface area contributed by atoms with Gasteiger partial charge in [-0.3, -0.25) is 14.6 Å². The smallest absolute Gasteiger partial charge is 0.227 e. The SMILES string of the molecule is O=C(NCc1cccnc1)[C@@H]1CC(=O)N(c2ccccc2F)C1. The van der Waals surface area contributed by atoms with Crippen LogP contribution in [0.3, 0.4) is 0 Å². The molecule has 6 heteroatoms. The Bertz CT molecular complexity index is 721. The lowest BCUT2D eigenvalue weighted by Gasteiger charge is -2.17. The number of benzene rings is 1. The number of halogens is 1. The Hall–Kier alpha value is -2.76. The van der Waals surface area contributed by atoms with Gasteiger partial charge in [0.25, 0.3) is 0 Å². The van der Waals surface area contributed by atoms with Crippen molar-refractivity contribution >= 4 is 17.5 Å². The number of rotatable bonds is 4. The molecule has 2 amide bonds. The Morgan fingerprint density at radius 1 is 1.30 bits per heavy atom. The van der Waals surface area contributed by atoms with Gasteiger partial charge in [0.2, 0.25) is 11.8 Å². The van der Waals surface area contributed by atoms with Crippen LogP contribution in [0, 0.1) is 11.7 Å². The van der Waals surface area contributed by atoms with Crippen molar-refractivity contribution < 1.29 is 14.0 Å². The Balaban J connectivity index is 1.63. The van der Waals surface area contributed by atoms with E-state index in [1.807, 2.05) is 6.07 Å². The largest absolute Gasteiger partial charge is 0.352 e. The fraction of sp³-hybridized carbons (Fsp3) is 0.235. The normalized spacial score (nSPS) is 17.3. The Labute approximate surface area is 133 Å². The molecule has 3 rings (SSSR count). The van der Waals surface area contributed by atoms with Crippen LogP contribution in [-0.2, 0) is 16.1 Å². The second-order valence-electron chi connectivity index (χ2n) is 5.44. The van der Waals surface area contributed by atoms with E-state index in [1.165, 1.54) is 11.0 Å². The quantitative estimate of drug-likeness (QED) is 0.937. The van der Waals surface area contributed by atoms with E-state index < -0.39 is 11.7 Å². The molecule has 0 unspecified atom stereocenters. The molecule has 2 heterocycles. The van der Waals surface area contributed by atoms with Gasteiger partial charge in [0, 0.05) is 31.9 Å². The van der Waals surface area contributed by atoms with Gasteiger partial charge in [-0.1, -0.05) is 18.2 Å². The van der Waals surface area contributed by atoms with E-state index in [2.05, 4.69) is 10.3 Å². The number of pyridine rings is 1. The zero-order valence-electron chi connectivity index (χ0n) is 12.4. The molecule has 1 aliphatic rings. The lowest BCUT2D eigenvalue weighted by Crippen LogP contribution is -2.32. The third-order valence-electron chi connectivity index (χ3n) is 3.83. The zero-order valence-corrected chi connectivity index (χ0v) is 12.4. The van der Waals surface area contributed by atoms with Crippen molar-refractivity contribution in [3.63, 3.8) is 0 Å². The number of hydrogen-bond acceptors (Lipinski definition) is 3. The van der Waals surface area contributed by atoms with Gasteiger partial charge in [-0.25, -0.2) is 4.39 Å². The van der Waals surface area contributed by atoms with E-state index in [0.717, 1.165) is 5.56 Å². The molecule has 0 aliphatic carbocycles. The minimum atomic E-state index is -0.473. The Morgan fingerprint density at radius 2 is 2.13 bits per heavy atom. The van der Waals surface area contributed by atoms with E-state index in [9.17, 15) is 14.0 Å². The standard InChI is InChI=1S/C17H16FN3O2/c18-14-5-1-2-6-15(14)21-11-13(8-16(21)22)17(23)20-10-12-4-3-7-19-9-12/h1-7,9,13H,8,10-11H2,(H,20,23)/t13-/m1/s1. The second-order valence-corrected chi connectivity index (χ2v) is 5.44. The van der Waals surface area contributed by atoms with Gasteiger partial charge in [0.15, 0.2) is 0 Å². The molecule has 23 heavy (non-hydrogen) atoms. The maximum Gasteiger partial charge on any atom is 0.227 e. The van der Waals surface area contributed by atoms with Gasteiger partial charge in [-0.15, -0.1) is 0 Å². The first-order valence-corrected chi connectivity index (χ1v) is 7.36. The molecule has 0 spiro atoms. The lowest BCUT2D eigenvalue weighted by atomic mass is 10.1. The third kappa shape index (κ3) is 3.36. The number of hydrogen-bond donors (Lipinski definition) is 1. The molecule has 0 bridgehead atoms. The summed E-state index contributed by atoms with van der Waals surface area (Å²) in [6, 6.07) is 9.74. The van der Waals surface area contributed by atoms with Crippen molar-refractivity contribution in [1.29, 1.82) is 0 Å². The maximum absolute atomic E-state index is 13.8. The van der Waals surface area contributed by atoms with Crippen LogP contribution in [0.1, 0.15) is 12.0 Å². The maximum atomic E-state index is 13.8. The fourth-order valence-corrected chi connectivity index (χ4v) is 2.62. The number of anilines is 1. The molecule has 1 aliphatic heterocycles. The number of amides is 2. The summed E-state index contributed by atoms with van der Waals surface area (Å²) in [5.74, 6) is -1.38. The Kier molecular flexibility index (Phi) is 4.32. The third-order valence-corrected chi connectivity index (χ3v) is 3.83. The highest BCUT2D eigenvalue weighted by Crippen LogP contribution is 2.27. The van der Waals surface area contributed by atoms with E-state index in [1.54, 1.807) is 36.7 Å². The summed E-state index contributed by atoms with van der Waals surface area (Å²) in [6.45, 7) is 0.551. The van der Waals surface area contributed by atoms with Gasteiger partial charge in [0.1, 0.15) is 5.82 Å². The zero-order chi connectivity index (χ0) is 16.2. The van der Waals surface area contributed by atoms with Crippen molar-refractivity contribution in [3.05, 3.63) is 60.2 Å². The molecule has 0 saturated carbocycles. The molecular weight excluding hydrogens is 297 g/mol. The number of aromatic nitrogens is 1. The topological polar surface area (TPSA) is 62.3 Å². The molecule has 1 aromatic carbocycles. The highest BCUT2D eigenvalue weighted by molar-refractivity contribution is 6.00. The molecule has 0 radical (unpaired) electrons. The van der Waals surface area contributed by atoms with Gasteiger partial charge in [0.05, 0.1) is 11.6 Å². The van der Waals surface area contributed by atoms with Gasteiger partial charge < -0.3 is 10.2 Å². The van der Waals surface area contributed by atoms with Crippen LogP contribution in [0.2, 0.25) is 0 Å². The second kappa shape index (κ2) is 6.56. The molecule has 1 fully saturated rings. The summed E-state index contributed by atoms with van der Waals surface area (Å²) in [5.41, 5.74) is 1.11. The molecule has 2 aromatic rings. The molecule has 1 atom stereocenters. The molecule has 1 saturated heterocycles. The monoisotopic (exact) mass is 313 g/mol. The van der Waals surface area contributed by atoms with Gasteiger partial charge in [-0.05, 0) is 23.8 Å². The summed E-state index contributed by atoms with van der Waals surface area (Å²) in [7, 11) is 0. The van der Waals surface area contributed by atoms with Crippen LogP contribution in [0.5, 0.6) is 0 Å². The lowest BCUT2D eigenvalue weighted by molar-refractivity contribution is -0.126. The predicted molar refractivity (Wildman–Crippen MR) is 82.9 cm³/mol. The first kappa shape index (κ1) is 15.1. The number of nitrogens with zero attached hydrogens (tertiary/aromatic N) is 2. The van der Waals surface area contributed by atoms with Crippen molar-refractivity contribution in [2.75, 3.05) is 11.4 Å². The number of carbonyl (C=O) groups excluding carboxylic acids is 2. The van der Waals surface area contributed by atoms with Crippen molar-refractivity contribution in [3.8, 4) is 0 Å². The van der Waals surface area contributed by atoms with Crippen molar-refractivity contribution in [1.82, 2.24) is 10.3 Å². The van der Waals surface area contributed by atoms with E-state index >= 15 is 0 Å². The van der Waals surface area contributed by atoms with Crippen LogP contribution in [0.4, 0.5) is 10.1 Å². The molecule has 118 valence electrons. The van der Waals surface area contributed by atoms with Crippen LogP contribution >= 0.6 is 0 Å². The van der Waals surface area contributed by atoms with Crippen LogP contribution in [0.25, 0.3) is 0 Å². The van der Waals surface area contributed by atoms with E-state index in [0.29, 0.717) is 6.54 Å². The van der Waals surface area contributed by atoms with Crippen molar-refractivity contribution in [2.24, 2.45) is 5.92 Å². The van der Waals surface area contributed by atoms with Gasteiger partial charge >= 0.3 is 0 Å². The predicted octanol–water partition coefficient (Wildman–Crippen LogP) is 1.89. The molecular formula is C17H16FN3O2. The van der Waals surface area contributed by atoms with E-state index in [-0.39, 0.29) is 30.5 Å². The van der Waals surface area contributed by atoms with Crippen molar-refractivity contribution in [2.45, 2.75) is 13.0 Å². The average Bonchev–Trinajstić information content (AvgIpc) is 2.96. The summed E-state index contributed by atoms with van der Waals surface area (Å²) in [4.78, 5) is 29.6. The summed E-state index contributed by atoms with van der Waals surface area (Å²) in [6.07, 6.45) is 3.42. The minimum Gasteiger partial charge on any atom is -0.352 e. The van der Waals surface area contributed by atoms with Crippen LogP contribution < -0.4 is 10.2 Å². The van der Waals surface area contributed by atoms with Crippen LogP contribution in [0.15, 0.2) is 48.8 Å². The summed E-state index contributed by atoms with van der Waals surface area (Å²) in [5, 5.41) is 2.80. The average molecular weight is 313 g/mol. The van der Waals surface area contributed by atoms with Crippen LogP contribution in [-0.4, -0.2) is 23.3 Å². The summed E-state index contributed by atoms with van der Waals surface area (Å²) >= 11 is 0. The molecule has 1 aromatic heterocycles. The number of para-hydroxylation sites is 1. The minimum absolute atomic E-state index is 0.0905. The highest BCUT2D eigenvalue weighted by atomic mass is 19.1. The number of carbonyl (C=O) groups is 2.